The molecule has 0 aliphatic carbocycles. The Morgan fingerprint density at radius 2 is 2.04 bits per heavy atom. The Bertz CT molecular complexity index is 688. The summed E-state index contributed by atoms with van der Waals surface area (Å²) in [7, 11) is 1.94. The second kappa shape index (κ2) is 11.0. The van der Waals surface area contributed by atoms with Crippen molar-refractivity contribution in [1.82, 2.24) is 20.2 Å². The maximum absolute atomic E-state index is 12.8. The minimum absolute atomic E-state index is 0. The highest BCUT2D eigenvalue weighted by Gasteiger charge is 2.28. The van der Waals surface area contributed by atoms with Crippen molar-refractivity contribution in [2.45, 2.75) is 13.0 Å². The van der Waals surface area contributed by atoms with Gasteiger partial charge in [-0.25, -0.2) is 4.98 Å². The predicted octanol–water partition coefficient (Wildman–Crippen LogP) is 2.58. The first kappa shape index (κ1) is 22.2. The summed E-state index contributed by atoms with van der Waals surface area (Å²) in [5.41, 5.74) is 1.39. The number of amides is 1. The molecule has 1 atom stereocenters. The molecule has 1 fully saturated rings. The fourth-order valence-corrected chi connectivity index (χ4v) is 2.93. The SMILES string of the molecule is CNCC1CCN(C(=O)c2ncccc2OCc2ccncc2)C1.Cl.Cl. The Morgan fingerprint density at radius 1 is 1.27 bits per heavy atom. The fraction of sp³-hybridized carbons (Fsp3) is 0.389. The smallest absolute Gasteiger partial charge is 0.276 e. The van der Waals surface area contributed by atoms with Gasteiger partial charge < -0.3 is 15.0 Å². The standard InChI is InChI=1S/C18H22N4O2.2ClH/c1-19-11-15-6-10-22(12-15)18(23)17-16(3-2-7-21-17)24-13-14-4-8-20-9-5-14;;/h2-5,7-9,15,19H,6,10-13H2,1H3;2*1H. The molecule has 6 nitrogen and oxygen atoms in total. The van der Waals surface area contributed by atoms with Gasteiger partial charge in [0.05, 0.1) is 0 Å². The molecular weight excluding hydrogens is 375 g/mol. The number of hydrogen-bond donors (Lipinski definition) is 1. The normalized spacial score (nSPS) is 15.7. The zero-order valence-electron chi connectivity index (χ0n) is 14.6. The Hall–Kier alpha value is -1.89. The molecule has 1 saturated heterocycles. The molecule has 1 aliphatic rings. The number of hydrogen-bond acceptors (Lipinski definition) is 5. The lowest BCUT2D eigenvalue weighted by Crippen LogP contribution is -2.31. The van der Waals surface area contributed by atoms with Gasteiger partial charge in [0.15, 0.2) is 11.4 Å². The first-order valence-electron chi connectivity index (χ1n) is 8.18. The lowest BCUT2D eigenvalue weighted by atomic mass is 10.1. The largest absolute Gasteiger partial charge is 0.486 e. The Balaban J connectivity index is 0.00000169. The van der Waals surface area contributed by atoms with Crippen molar-refractivity contribution in [1.29, 1.82) is 0 Å². The van der Waals surface area contributed by atoms with Crippen LogP contribution in [0, 0.1) is 5.92 Å². The van der Waals surface area contributed by atoms with Crippen molar-refractivity contribution < 1.29 is 9.53 Å². The number of nitrogens with zero attached hydrogens (tertiary/aromatic N) is 3. The van der Waals surface area contributed by atoms with Crippen LogP contribution in [0.25, 0.3) is 0 Å². The van der Waals surface area contributed by atoms with Crippen molar-refractivity contribution in [3.63, 3.8) is 0 Å². The highest BCUT2D eigenvalue weighted by molar-refractivity contribution is 5.95. The molecule has 1 amide bonds. The van der Waals surface area contributed by atoms with Crippen LogP contribution >= 0.6 is 24.8 Å². The Morgan fingerprint density at radius 3 is 2.77 bits per heavy atom. The van der Waals surface area contributed by atoms with Gasteiger partial charge in [-0.05, 0) is 55.8 Å². The Labute approximate surface area is 166 Å². The van der Waals surface area contributed by atoms with Crippen LogP contribution in [0.3, 0.4) is 0 Å². The van der Waals surface area contributed by atoms with Gasteiger partial charge in [-0.15, -0.1) is 24.8 Å². The van der Waals surface area contributed by atoms with E-state index >= 15 is 0 Å². The molecule has 1 unspecified atom stereocenters. The number of rotatable bonds is 6. The molecule has 0 saturated carbocycles. The van der Waals surface area contributed by atoms with Crippen LogP contribution in [-0.4, -0.2) is 47.5 Å². The number of carbonyl (C=O) groups excluding carboxylic acids is 1. The number of halogens is 2. The molecule has 0 bridgehead atoms. The van der Waals surface area contributed by atoms with Crippen LogP contribution < -0.4 is 10.1 Å². The summed E-state index contributed by atoms with van der Waals surface area (Å²) < 4.78 is 5.83. The minimum atomic E-state index is -0.0565. The van der Waals surface area contributed by atoms with Gasteiger partial charge in [-0.1, -0.05) is 0 Å². The summed E-state index contributed by atoms with van der Waals surface area (Å²) in [5, 5.41) is 3.18. The molecule has 3 rings (SSSR count). The quantitative estimate of drug-likeness (QED) is 0.809. The van der Waals surface area contributed by atoms with E-state index < -0.39 is 0 Å². The van der Waals surface area contributed by atoms with Gasteiger partial charge in [0.1, 0.15) is 6.61 Å². The molecule has 26 heavy (non-hydrogen) atoms. The van der Waals surface area contributed by atoms with Gasteiger partial charge in [-0.3, -0.25) is 9.78 Å². The second-order valence-electron chi connectivity index (χ2n) is 5.96. The third kappa shape index (κ3) is 5.56. The zero-order chi connectivity index (χ0) is 16.8. The van der Waals surface area contributed by atoms with Gasteiger partial charge in [0, 0.05) is 31.7 Å². The summed E-state index contributed by atoms with van der Waals surface area (Å²) in [6.07, 6.45) is 6.10. The van der Waals surface area contributed by atoms with Crippen LogP contribution in [0.2, 0.25) is 0 Å². The molecule has 142 valence electrons. The number of pyridine rings is 2. The number of carbonyl (C=O) groups is 1. The number of likely N-dealkylation sites (tertiary alicyclic amines) is 1. The third-order valence-electron chi connectivity index (χ3n) is 4.18. The molecule has 8 heteroatoms. The van der Waals surface area contributed by atoms with Crippen molar-refractivity contribution in [3.8, 4) is 5.75 Å². The van der Waals surface area contributed by atoms with Crippen LogP contribution in [-0.2, 0) is 6.61 Å². The molecule has 2 aromatic rings. The molecule has 0 aromatic carbocycles. The van der Waals surface area contributed by atoms with E-state index in [0.717, 1.165) is 31.6 Å². The van der Waals surface area contributed by atoms with Crippen LogP contribution in [0.4, 0.5) is 0 Å². The maximum Gasteiger partial charge on any atom is 0.276 e. The van der Waals surface area contributed by atoms with Crippen molar-refractivity contribution in [3.05, 3.63) is 54.1 Å². The van der Waals surface area contributed by atoms with Crippen LogP contribution in [0.15, 0.2) is 42.9 Å². The first-order valence-corrected chi connectivity index (χ1v) is 8.18. The van der Waals surface area contributed by atoms with Gasteiger partial charge in [-0.2, -0.15) is 0 Å². The highest BCUT2D eigenvalue weighted by atomic mass is 35.5. The average Bonchev–Trinajstić information content (AvgIpc) is 3.09. The second-order valence-corrected chi connectivity index (χ2v) is 5.96. The summed E-state index contributed by atoms with van der Waals surface area (Å²) in [4.78, 5) is 22.9. The Kier molecular flexibility index (Phi) is 9.34. The van der Waals surface area contributed by atoms with E-state index in [1.165, 1.54) is 0 Å². The van der Waals surface area contributed by atoms with Crippen molar-refractivity contribution in [2.24, 2.45) is 5.92 Å². The maximum atomic E-state index is 12.8. The van der Waals surface area contributed by atoms with E-state index in [2.05, 4.69) is 15.3 Å². The predicted molar refractivity (Wildman–Crippen MR) is 105 cm³/mol. The fourth-order valence-electron chi connectivity index (χ4n) is 2.93. The van der Waals surface area contributed by atoms with E-state index in [-0.39, 0.29) is 30.7 Å². The van der Waals surface area contributed by atoms with Crippen molar-refractivity contribution >= 4 is 30.7 Å². The van der Waals surface area contributed by atoms with E-state index in [4.69, 9.17) is 4.74 Å². The lowest BCUT2D eigenvalue weighted by molar-refractivity contribution is 0.0776. The number of aromatic nitrogens is 2. The summed E-state index contributed by atoms with van der Waals surface area (Å²) in [5.74, 6) is 0.971. The van der Waals surface area contributed by atoms with Crippen LogP contribution in [0.5, 0.6) is 5.75 Å². The van der Waals surface area contributed by atoms with E-state index in [9.17, 15) is 4.79 Å². The lowest BCUT2D eigenvalue weighted by Gasteiger charge is -2.18. The molecule has 1 N–H and O–H groups in total. The van der Waals surface area contributed by atoms with Gasteiger partial charge >= 0.3 is 0 Å². The molecule has 2 aromatic heterocycles. The molecule has 1 aliphatic heterocycles. The topological polar surface area (TPSA) is 67.4 Å². The van der Waals surface area contributed by atoms with Crippen LogP contribution in [0.1, 0.15) is 22.5 Å². The van der Waals surface area contributed by atoms with Gasteiger partial charge in [0.25, 0.3) is 5.91 Å². The third-order valence-corrected chi connectivity index (χ3v) is 4.18. The van der Waals surface area contributed by atoms with E-state index in [1.54, 1.807) is 30.7 Å². The average molecular weight is 399 g/mol. The zero-order valence-corrected chi connectivity index (χ0v) is 16.3. The van der Waals surface area contributed by atoms with Gasteiger partial charge in [0.2, 0.25) is 0 Å². The highest BCUT2D eigenvalue weighted by Crippen LogP contribution is 2.23. The summed E-state index contributed by atoms with van der Waals surface area (Å²) in [6, 6.07) is 7.36. The van der Waals surface area contributed by atoms with E-state index in [0.29, 0.717) is 24.0 Å². The summed E-state index contributed by atoms with van der Waals surface area (Å²) in [6.45, 7) is 2.85. The first-order chi connectivity index (χ1) is 11.8. The molecule has 3 heterocycles. The van der Waals surface area contributed by atoms with Crippen molar-refractivity contribution in [2.75, 3.05) is 26.7 Å². The monoisotopic (exact) mass is 398 g/mol. The molecule has 0 radical (unpaired) electrons. The summed E-state index contributed by atoms with van der Waals surface area (Å²) >= 11 is 0. The molecular formula is C18H24Cl2N4O2. The number of ether oxygens (including phenoxy) is 1. The number of nitrogens with one attached hydrogen (secondary N) is 1. The minimum Gasteiger partial charge on any atom is -0.486 e. The molecule has 0 spiro atoms. The van der Waals surface area contributed by atoms with E-state index in [1.807, 2.05) is 24.1 Å².